The van der Waals surface area contributed by atoms with Gasteiger partial charge in [0.25, 0.3) is 5.91 Å². The largest absolute Gasteiger partial charge is 0.322 e. The van der Waals surface area contributed by atoms with Crippen LogP contribution in [0.25, 0.3) is 11.7 Å². The fourth-order valence-corrected chi connectivity index (χ4v) is 3.33. The summed E-state index contributed by atoms with van der Waals surface area (Å²) in [6.07, 6.45) is 6.36. The van der Waals surface area contributed by atoms with Crippen molar-refractivity contribution in [1.82, 2.24) is 14.4 Å². The summed E-state index contributed by atoms with van der Waals surface area (Å²) in [5.41, 5.74) is 2.15. The van der Waals surface area contributed by atoms with Gasteiger partial charge in [-0.1, -0.05) is 23.7 Å². The highest BCUT2D eigenvalue weighted by atomic mass is 79.9. The van der Waals surface area contributed by atoms with Crippen LogP contribution in [0, 0.1) is 0 Å². The van der Waals surface area contributed by atoms with Crippen molar-refractivity contribution in [3.63, 3.8) is 0 Å². The lowest BCUT2D eigenvalue weighted by Gasteiger charge is -2.07. The van der Waals surface area contributed by atoms with Crippen LogP contribution in [0.3, 0.4) is 0 Å². The second kappa shape index (κ2) is 9.11. The molecule has 0 aliphatic rings. The van der Waals surface area contributed by atoms with Crippen molar-refractivity contribution in [3.05, 3.63) is 94.0 Å². The first-order valence-electron chi connectivity index (χ1n) is 9.14. The van der Waals surface area contributed by atoms with Gasteiger partial charge in [0, 0.05) is 34.2 Å². The maximum atomic E-state index is 12.5. The molecule has 0 unspecified atom stereocenters. The minimum absolute atomic E-state index is 0.301. The molecule has 3 aromatic heterocycles. The number of fused-ring (bicyclic) bond motifs is 1. The molecule has 154 valence electrons. The first-order chi connectivity index (χ1) is 15.0. The molecule has 31 heavy (non-hydrogen) atoms. The molecule has 0 bridgehead atoms. The van der Waals surface area contributed by atoms with Crippen molar-refractivity contribution >= 4 is 62.6 Å². The number of aromatic nitrogens is 3. The Hall–Kier alpha value is -3.49. The molecule has 0 saturated heterocycles. The molecule has 9 heteroatoms. The fraction of sp³-hybridized carbons (Fsp3) is 0. The number of carbonyl (C=O) groups excluding carboxylic acids is 2. The van der Waals surface area contributed by atoms with Gasteiger partial charge in [0.15, 0.2) is 5.15 Å². The van der Waals surface area contributed by atoms with E-state index in [1.165, 1.54) is 6.08 Å². The number of nitrogens with zero attached hydrogens (tertiary/aromatic N) is 3. The lowest BCUT2D eigenvalue weighted by Crippen LogP contribution is -2.14. The molecule has 0 aliphatic heterocycles. The Kier molecular flexibility index (Phi) is 6.11. The molecular weight excluding hydrogens is 482 g/mol. The SMILES string of the molecule is O=C(/C=C/c1c(Cl)nc2ccccn12)Nc1cccc(C(=O)Nc2ccc(Br)cn2)c1. The molecule has 4 rings (SSSR count). The van der Waals surface area contributed by atoms with E-state index < -0.39 is 0 Å². The normalized spacial score (nSPS) is 11.0. The smallest absolute Gasteiger partial charge is 0.256 e. The Morgan fingerprint density at radius 2 is 1.94 bits per heavy atom. The van der Waals surface area contributed by atoms with Gasteiger partial charge in [0.05, 0.1) is 5.69 Å². The van der Waals surface area contributed by atoms with E-state index in [1.54, 1.807) is 53.1 Å². The predicted molar refractivity (Wildman–Crippen MR) is 124 cm³/mol. The number of anilines is 2. The fourth-order valence-electron chi connectivity index (χ4n) is 2.85. The van der Waals surface area contributed by atoms with Crippen LogP contribution in [0.2, 0.25) is 5.15 Å². The number of halogens is 2. The van der Waals surface area contributed by atoms with Gasteiger partial charge in [-0.3, -0.25) is 14.0 Å². The molecule has 0 radical (unpaired) electrons. The monoisotopic (exact) mass is 495 g/mol. The van der Waals surface area contributed by atoms with E-state index in [1.807, 2.05) is 24.4 Å². The van der Waals surface area contributed by atoms with Crippen LogP contribution >= 0.6 is 27.5 Å². The zero-order chi connectivity index (χ0) is 21.8. The summed E-state index contributed by atoms with van der Waals surface area (Å²) in [6.45, 7) is 0. The molecule has 1 aromatic carbocycles. The van der Waals surface area contributed by atoms with Crippen LogP contribution in [0.5, 0.6) is 0 Å². The van der Waals surface area contributed by atoms with Crippen LogP contribution in [-0.4, -0.2) is 26.2 Å². The molecular formula is C22H15BrClN5O2. The lowest BCUT2D eigenvalue weighted by atomic mass is 10.2. The number of carbonyl (C=O) groups is 2. The van der Waals surface area contributed by atoms with E-state index >= 15 is 0 Å². The third-order valence-corrected chi connectivity index (χ3v) is 5.02. The second-order valence-corrected chi connectivity index (χ2v) is 7.71. The lowest BCUT2D eigenvalue weighted by molar-refractivity contribution is -0.111. The Morgan fingerprint density at radius 1 is 1.06 bits per heavy atom. The van der Waals surface area contributed by atoms with Gasteiger partial charge in [-0.25, -0.2) is 9.97 Å². The van der Waals surface area contributed by atoms with Crippen molar-refractivity contribution in [2.45, 2.75) is 0 Å². The molecule has 0 saturated carbocycles. The molecule has 2 amide bonds. The van der Waals surface area contributed by atoms with Gasteiger partial charge in [0.2, 0.25) is 5.91 Å². The van der Waals surface area contributed by atoms with Gasteiger partial charge < -0.3 is 10.6 Å². The first kappa shape index (κ1) is 20.8. The molecule has 0 aliphatic carbocycles. The number of benzene rings is 1. The Balaban J connectivity index is 1.45. The van der Waals surface area contributed by atoms with Crippen LogP contribution in [0.4, 0.5) is 11.5 Å². The molecule has 0 atom stereocenters. The number of rotatable bonds is 5. The third kappa shape index (κ3) is 4.99. The maximum absolute atomic E-state index is 12.5. The molecule has 0 fully saturated rings. The molecule has 7 nitrogen and oxygen atoms in total. The summed E-state index contributed by atoms with van der Waals surface area (Å²) >= 11 is 9.47. The van der Waals surface area contributed by atoms with Gasteiger partial charge >= 0.3 is 0 Å². The molecule has 3 heterocycles. The van der Waals surface area contributed by atoms with Crippen molar-refractivity contribution in [2.75, 3.05) is 10.6 Å². The number of pyridine rings is 2. The summed E-state index contributed by atoms with van der Waals surface area (Å²) in [4.78, 5) is 33.2. The average molecular weight is 497 g/mol. The van der Waals surface area contributed by atoms with Gasteiger partial charge in [-0.15, -0.1) is 0 Å². The van der Waals surface area contributed by atoms with Crippen molar-refractivity contribution in [2.24, 2.45) is 0 Å². The van der Waals surface area contributed by atoms with Gasteiger partial charge in [-0.2, -0.15) is 0 Å². The van der Waals surface area contributed by atoms with E-state index in [4.69, 9.17) is 11.6 Å². The summed E-state index contributed by atoms with van der Waals surface area (Å²) in [6, 6.07) is 15.6. The number of hydrogen-bond acceptors (Lipinski definition) is 4. The number of hydrogen-bond donors (Lipinski definition) is 2. The van der Waals surface area contributed by atoms with Crippen LogP contribution in [0.15, 0.2) is 77.5 Å². The van der Waals surface area contributed by atoms with Gasteiger partial charge in [0.1, 0.15) is 11.5 Å². The standard InChI is InChI=1S/C22H15BrClN5O2/c23-15-7-9-18(25-13-15)27-22(31)14-4-3-5-16(12-14)26-20(30)10-8-17-21(24)28-19-6-1-2-11-29(17)19/h1-13H,(H,26,30)(H,25,27,31)/b10-8+. The zero-order valence-corrected chi connectivity index (χ0v) is 18.3. The van der Waals surface area contributed by atoms with Crippen molar-refractivity contribution in [1.29, 1.82) is 0 Å². The Morgan fingerprint density at radius 3 is 2.74 bits per heavy atom. The number of imidazole rings is 1. The predicted octanol–water partition coefficient (Wildman–Crippen LogP) is 5.05. The minimum atomic E-state index is -0.367. The van der Waals surface area contributed by atoms with Crippen LogP contribution in [-0.2, 0) is 4.79 Å². The van der Waals surface area contributed by atoms with E-state index in [0.29, 0.717) is 33.6 Å². The Bertz CT molecular complexity index is 1300. The highest BCUT2D eigenvalue weighted by molar-refractivity contribution is 9.10. The average Bonchev–Trinajstić information content (AvgIpc) is 3.09. The summed E-state index contributed by atoms with van der Waals surface area (Å²) in [5, 5.41) is 5.75. The van der Waals surface area contributed by atoms with Crippen molar-refractivity contribution < 1.29 is 9.59 Å². The molecule has 4 aromatic rings. The maximum Gasteiger partial charge on any atom is 0.256 e. The highest BCUT2D eigenvalue weighted by Gasteiger charge is 2.10. The minimum Gasteiger partial charge on any atom is -0.322 e. The Labute approximate surface area is 190 Å². The van der Waals surface area contributed by atoms with Crippen molar-refractivity contribution in [3.8, 4) is 0 Å². The van der Waals surface area contributed by atoms with Crippen LogP contribution in [0.1, 0.15) is 16.1 Å². The third-order valence-electron chi connectivity index (χ3n) is 4.28. The highest BCUT2D eigenvalue weighted by Crippen LogP contribution is 2.19. The summed E-state index contributed by atoms with van der Waals surface area (Å²) < 4.78 is 2.60. The van der Waals surface area contributed by atoms with E-state index in [9.17, 15) is 9.59 Å². The van der Waals surface area contributed by atoms with E-state index in [-0.39, 0.29) is 11.8 Å². The number of amides is 2. The summed E-state index contributed by atoms with van der Waals surface area (Å²) in [7, 11) is 0. The number of nitrogens with one attached hydrogen (secondary N) is 2. The zero-order valence-electron chi connectivity index (χ0n) is 15.9. The summed E-state index contributed by atoms with van der Waals surface area (Å²) in [5.74, 6) is -0.274. The van der Waals surface area contributed by atoms with E-state index in [0.717, 1.165) is 4.47 Å². The van der Waals surface area contributed by atoms with E-state index in [2.05, 4.69) is 36.5 Å². The topological polar surface area (TPSA) is 88.4 Å². The quantitative estimate of drug-likeness (QED) is 0.379. The van der Waals surface area contributed by atoms with Gasteiger partial charge in [-0.05, 0) is 64.5 Å². The molecule has 0 spiro atoms. The second-order valence-electron chi connectivity index (χ2n) is 6.44. The molecule has 2 N–H and O–H groups in total. The van der Waals surface area contributed by atoms with Crippen LogP contribution < -0.4 is 10.6 Å². The first-order valence-corrected chi connectivity index (χ1v) is 10.3.